The summed E-state index contributed by atoms with van der Waals surface area (Å²) in [6.07, 6.45) is 4.71. The van der Waals surface area contributed by atoms with E-state index in [0.29, 0.717) is 57.8 Å². The number of fused-ring (bicyclic) bond motifs is 1. The lowest BCUT2D eigenvalue weighted by Gasteiger charge is -2.28. The van der Waals surface area contributed by atoms with Gasteiger partial charge in [0.05, 0.1) is 17.4 Å². The van der Waals surface area contributed by atoms with Crippen LogP contribution in [-0.2, 0) is 6.54 Å². The molecule has 1 fully saturated rings. The van der Waals surface area contributed by atoms with E-state index < -0.39 is 12.5 Å². The molecule has 0 atom stereocenters. The second kappa shape index (κ2) is 7.96. The minimum atomic E-state index is -2.77. The van der Waals surface area contributed by atoms with Gasteiger partial charge >= 0.3 is 6.55 Å². The highest BCUT2D eigenvalue weighted by Crippen LogP contribution is 2.38. The smallest absolute Gasteiger partial charge is 0.333 e. The first-order valence-electron chi connectivity index (χ1n) is 10.7. The summed E-state index contributed by atoms with van der Waals surface area (Å²) in [4.78, 5) is 4.59. The molecule has 4 aromatic heterocycles. The molecule has 0 saturated heterocycles. The Morgan fingerprint density at radius 2 is 1.91 bits per heavy atom. The van der Waals surface area contributed by atoms with E-state index in [-0.39, 0.29) is 18.8 Å². The van der Waals surface area contributed by atoms with Crippen molar-refractivity contribution in [2.45, 2.75) is 58.5 Å². The Bertz CT molecular complexity index is 1280. The van der Waals surface area contributed by atoms with Crippen LogP contribution in [0.25, 0.3) is 33.4 Å². The maximum absolute atomic E-state index is 13.6. The van der Waals surface area contributed by atoms with Crippen molar-refractivity contribution in [3.63, 3.8) is 0 Å². The van der Waals surface area contributed by atoms with Gasteiger partial charge in [-0.05, 0) is 38.7 Å². The minimum Gasteiger partial charge on any atom is -0.361 e. The van der Waals surface area contributed by atoms with Crippen LogP contribution in [0.15, 0.2) is 29.2 Å². The number of rotatable bonds is 5. The van der Waals surface area contributed by atoms with E-state index in [0.717, 1.165) is 11.1 Å². The summed E-state index contributed by atoms with van der Waals surface area (Å²) in [7, 11) is 0. The van der Waals surface area contributed by atoms with Crippen molar-refractivity contribution in [3.05, 3.63) is 36.1 Å². The van der Waals surface area contributed by atoms with Crippen molar-refractivity contribution < 1.29 is 22.1 Å². The molecule has 0 radical (unpaired) electrons. The van der Waals surface area contributed by atoms with Crippen LogP contribution in [0.3, 0.4) is 0 Å². The molecular formula is C22H22F4N6O. The molecule has 4 heterocycles. The number of aryl methyl sites for hydroxylation is 2. The molecule has 1 aliphatic carbocycles. The fourth-order valence-corrected chi connectivity index (χ4v) is 4.51. The van der Waals surface area contributed by atoms with Crippen molar-refractivity contribution in [3.8, 4) is 22.4 Å². The Balaban J connectivity index is 1.59. The molecule has 11 heteroatoms. The molecule has 5 rings (SSSR count). The lowest BCUT2D eigenvalue weighted by atomic mass is 9.87. The molecule has 7 nitrogen and oxygen atoms in total. The highest BCUT2D eigenvalue weighted by Gasteiger charge is 2.35. The maximum atomic E-state index is 13.6. The standard InChI is InChI=1S/C22H22F4N6O/c1-12-18(13(2)33-30-12)15-7-17-20(27-8-15)19(16-9-28-32(11-16)21(23)24)29-31(17)10-14-3-5-22(25,26)6-4-14/h7-9,11,14,21H,3-6,10H2,1-2H3. The van der Waals surface area contributed by atoms with Gasteiger partial charge in [-0.15, -0.1) is 0 Å². The third-order valence-electron chi connectivity index (χ3n) is 6.26. The van der Waals surface area contributed by atoms with Gasteiger partial charge in [-0.3, -0.25) is 9.67 Å². The van der Waals surface area contributed by atoms with Crippen molar-refractivity contribution in [2.24, 2.45) is 5.92 Å². The molecule has 33 heavy (non-hydrogen) atoms. The van der Waals surface area contributed by atoms with Crippen LogP contribution in [-0.4, -0.2) is 35.6 Å². The molecule has 0 unspecified atom stereocenters. The second-order valence-electron chi connectivity index (χ2n) is 8.61. The molecule has 174 valence electrons. The molecule has 1 saturated carbocycles. The molecule has 0 aromatic carbocycles. The number of halogens is 4. The lowest BCUT2D eigenvalue weighted by molar-refractivity contribution is -0.0475. The van der Waals surface area contributed by atoms with Gasteiger partial charge < -0.3 is 4.52 Å². The number of nitrogens with zero attached hydrogens (tertiary/aromatic N) is 6. The Morgan fingerprint density at radius 3 is 2.55 bits per heavy atom. The minimum absolute atomic E-state index is 0.0343. The predicted molar refractivity (Wildman–Crippen MR) is 112 cm³/mol. The Kier molecular flexibility index (Phi) is 5.21. The quantitative estimate of drug-likeness (QED) is 0.351. The largest absolute Gasteiger partial charge is 0.361 e. The zero-order valence-corrected chi connectivity index (χ0v) is 18.1. The van der Waals surface area contributed by atoms with Crippen LogP contribution in [0, 0.1) is 19.8 Å². The first kappa shape index (κ1) is 21.6. The normalized spacial score (nSPS) is 16.8. The van der Waals surface area contributed by atoms with E-state index >= 15 is 0 Å². The number of pyridine rings is 1. The second-order valence-corrected chi connectivity index (χ2v) is 8.61. The summed E-state index contributed by atoms with van der Waals surface area (Å²) >= 11 is 0. The zero-order chi connectivity index (χ0) is 23.3. The predicted octanol–water partition coefficient (Wildman–Crippen LogP) is 5.79. The number of hydrogen-bond donors (Lipinski definition) is 0. The molecule has 0 N–H and O–H groups in total. The van der Waals surface area contributed by atoms with Crippen LogP contribution in [0.1, 0.15) is 43.7 Å². The van der Waals surface area contributed by atoms with Gasteiger partial charge in [-0.2, -0.15) is 19.0 Å². The average molecular weight is 462 g/mol. The van der Waals surface area contributed by atoms with Crippen molar-refractivity contribution >= 4 is 11.0 Å². The highest BCUT2D eigenvalue weighted by molar-refractivity contribution is 5.92. The third-order valence-corrected chi connectivity index (χ3v) is 6.26. The zero-order valence-electron chi connectivity index (χ0n) is 18.1. The first-order valence-corrected chi connectivity index (χ1v) is 10.7. The summed E-state index contributed by atoms with van der Waals surface area (Å²) in [5, 5.41) is 12.4. The molecule has 0 aliphatic heterocycles. The van der Waals surface area contributed by atoms with E-state index in [9.17, 15) is 17.6 Å². The van der Waals surface area contributed by atoms with Crippen molar-refractivity contribution in [1.82, 2.24) is 29.7 Å². The summed E-state index contributed by atoms with van der Waals surface area (Å²) in [5.74, 6) is -1.93. The lowest BCUT2D eigenvalue weighted by Crippen LogP contribution is -2.27. The topological polar surface area (TPSA) is 74.6 Å². The van der Waals surface area contributed by atoms with E-state index in [1.165, 1.54) is 12.4 Å². The van der Waals surface area contributed by atoms with Gasteiger partial charge in [0.2, 0.25) is 5.92 Å². The fraction of sp³-hybridized carbons (Fsp3) is 0.455. The summed E-state index contributed by atoms with van der Waals surface area (Å²) in [6, 6.07) is 1.90. The summed E-state index contributed by atoms with van der Waals surface area (Å²) < 4.78 is 61.0. The van der Waals surface area contributed by atoms with Gasteiger partial charge in [-0.1, -0.05) is 5.16 Å². The van der Waals surface area contributed by atoms with Gasteiger partial charge in [-0.25, -0.2) is 13.5 Å². The Hall–Kier alpha value is -3.24. The van der Waals surface area contributed by atoms with Crippen LogP contribution in [0.4, 0.5) is 17.6 Å². The average Bonchev–Trinajstić information content (AvgIpc) is 3.47. The van der Waals surface area contributed by atoms with Crippen LogP contribution < -0.4 is 0 Å². The number of aromatic nitrogens is 6. The molecule has 0 bridgehead atoms. The Labute approximate surface area is 186 Å². The summed E-state index contributed by atoms with van der Waals surface area (Å²) in [6.45, 7) is 1.31. The van der Waals surface area contributed by atoms with Crippen LogP contribution >= 0.6 is 0 Å². The third kappa shape index (κ3) is 4.00. The fourth-order valence-electron chi connectivity index (χ4n) is 4.51. The molecular weight excluding hydrogens is 440 g/mol. The summed E-state index contributed by atoms with van der Waals surface area (Å²) in [5.41, 5.74) is 4.36. The maximum Gasteiger partial charge on any atom is 0.333 e. The van der Waals surface area contributed by atoms with Gasteiger partial charge in [0.1, 0.15) is 17.0 Å². The van der Waals surface area contributed by atoms with Crippen molar-refractivity contribution in [1.29, 1.82) is 0 Å². The van der Waals surface area contributed by atoms with Crippen LogP contribution in [0.5, 0.6) is 0 Å². The van der Waals surface area contributed by atoms with E-state index in [2.05, 4.69) is 20.3 Å². The van der Waals surface area contributed by atoms with Crippen molar-refractivity contribution in [2.75, 3.05) is 0 Å². The SMILES string of the molecule is Cc1noc(C)c1-c1cnc2c(-c3cnn(C(F)F)c3)nn(CC3CCC(F)(F)CC3)c2c1. The van der Waals surface area contributed by atoms with Gasteiger partial charge in [0.15, 0.2) is 0 Å². The van der Waals surface area contributed by atoms with Gasteiger partial charge in [0, 0.05) is 48.5 Å². The first-order chi connectivity index (χ1) is 15.7. The molecule has 1 aliphatic rings. The molecule has 4 aromatic rings. The Morgan fingerprint density at radius 1 is 1.15 bits per heavy atom. The van der Waals surface area contributed by atoms with Gasteiger partial charge in [0.25, 0.3) is 0 Å². The molecule has 0 amide bonds. The number of hydrogen-bond acceptors (Lipinski definition) is 5. The highest BCUT2D eigenvalue weighted by atomic mass is 19.3. The van der Waals surface area contributed by atoms with E-state index in [4.69, 9.17) is 4.52 Å². The number of alkyl halides is 4. The molecule has 0 spiro atoms. The van der Waals surface area contributed by atoms with Crippen LogP contribution in [0.2, 0.25) is 0 Å². The monoisotopic (exact) mass is 462 g/mol. The van der Waals surface area contributed by atoms with E-state index in [1.807, 2.05) is 19.9 Å². The van der Waals surface area contributed by atoms with E-state index in [1.54, 1.807) is 10.9 Å².